The highest BCUT2D eigenvalue weighted by Crippen LogP contribution is 2.31. The van der Waals surface area contributed by atoms with E-state index in [4.69, 9.17) is 4.74 Å². The molecule has 1 fully saturated rings. The normalized spacial score (nSPS) is 16.4. The number of amides is 1. The van der Waals surface area contributed by atoms with Crippen LogP contribution in [0.5, 0.6) is 0 Å². The van der Waals surface area contributed by atoms with Gasteiger partial charge in [-0.2, -0.15) is 18.3 Å². The third kappa shape index (κ3) is 5.10. The van der Waals surface area contributed by atoms with Crippen LogP contribution in [0.25, 0.3) is 0 Å². The number of carbonyl (C=O) groups is 2. The molecule has 1 aliphatic rings. The molecule has 10 heteroatoms. The van der Waals surface area contributed by atoms with Gasteiger partial charge in [0.1, 0.15) is 5.60 Å². The summed E-state index contributed by atoms with van der Waals surface area (Å²) in [4.78, 5) is 25.1. The van der Waals surface area contributed by atoms with Crippen molar-refractivity contribution in [2.45, 2.75) is 64.0 Å². The van der Waals surface area contributed by atoms with Crippen molar-refractivity contribution in [1.29, 1.82) is 0 Å². The molecule has 1 unspecified atom stereocenters. The van der Waals surface area contributed by atoms with E-state index in [-0.39, 0.29) is 6.04 Å². The van der Waals surface area contributed by atoms with Crippen LogP contribution in [-0.4, -0.2) is 49.5 Å². The molecule has 0 radical (unpaired) electrons. The standard InChI is InChI=1S/C15H20F3N3O4/c1-14(2,3)25-13(24)21(9-4-5-9)10(12(22)23)8-20-7-6-11(19-20)15(16,17)18/h6-7,9-10H,4-5,8H2,1-3H3,(H,22,23). The fourth-order valence-corrected chi connectivity index (χ4v) is 2.27. The van der Waals surface area contributed by atoms with E-state index in [1.165, 1.54) is 0 Å². The van der Waals surface area contributed by atoms with E-state index in [2.05, 4.69) is 5.10 Å². The van der Waals surface area contributed by atoms with Crippen LogP contribution in [0.4, 0.5) is 18.0 Å². The molecule has 1 saturated carbocycles. The molecule has 25 heavy (non-hydrogen) atoms. The van der Waals surface area contributed by atoms with Gasteiger partial charge in [0.2, 0.25) is 0 Å². The number of carboxylic acids is 1. The predicted octanol–water partition coefficient (Wildman–Crippen LogP) is 2.75. The zero-order valence-electron chi connectivity index (χ0n) is 14.1. The summed E-state index contributed by atoms with van der Waals surface area (Å²) in [5, 5.41) is 12.8. The Hall–Kier alpha value is -2.26. The van der Waals surface area contributed by atoms with Crippen molar-refractivity contribution >= 4 is 12.1 Å². The zero-order chi connectivity index (χ0) is 19.0. The van der Waals surface area contributed by atoms with Crippen LogP contribution in [0.1, 0.15) is 39.3 Å². The van der Waals surface area contributed by atoms with Gasteiger partial charge in [-0.1, -0.05) is 0 Å². The number of carboxylic acid groups (broad SMARTS) is 1. The van der Waals surface area contributed by atoms with Gasteiger partial charge in [-0.05, 0) is 39.7 Å². The van der Waals surface area contributed by atoms with Crippen LogP contribution in [0.15, 0.2) is 12.3 Å². The third-order valence-corrected chi connectivity index (χ3v) is 3.46. The lowest BCUT2D eigenvalue weighted by atomic mass is 10.2. The Morgan fingerprint density at radius 3 is 2.40 bits per heavy atom. The molecule has 0 aliphatic heterocycles. The monoisotopic (exact) mass is 363 g/mol. The number of aliphatic carboxylic acids is 1. The van der Waals surface area contributed by atoms with Crippen molar-refractivity contribution in [1.82, 2.24) is 14.7 Å². The Bertz CT molecular complexity index is 647. The van der Waals surface area contributed by atoms with Gasteiger partial charge >= 0.3 is 18.2 Å². The van der Waals surface area contributed by atoms with E-state index in [0.717, 1.165) is 21.8 Å². The molecule has 2 rings (SSSR count). The number of ether oxygens (including phenoxy) is 1. The molecule has 0 spiro atoms. The second kappa shape index (κ2) is 6.57. The van der Waals surface area contributed by atoms with Crippen LogP contribution in [0, 0.1) is 0 Å². The summed E-state index contributed by atoms with van der Waals surface area (Å²) in [6.07, 6.45) is -3.14. The summed E-state index contributed by atoms with van der Waals surface area (Å²) in [5.74, 6) is -1.33. The van der Waals surface area contributed by atoms with Gasteiger partial charge in [0.25, 0.3) is 0 Å². The second-order valence-electron chi connectivity index (χ2n) is 6.89. The zero-order valence-corrected chi connectivity index (χ0v) is 14.1. The van der Waals surface area contributed by atoms with E-state index in [0.29, 0.717) is 12.8 Å². The van der Waals surface area contributed by atoms with Gasteiger partial charge < -0.3 is 9.84 Å². The smallest absolute Gasteiger partial charge is 0.435 e. The Kier molecular flexibility index (Phi) is 5.01. The molecule has 1 aromatic rings. The summed E-state index contributed by atoms with van der Waals surface area (Å²) in [5.41, 5.74) is -1.94. The quantitative estimate of drug-likeness (QED) is 0.870. The molecule has 1 atom stereocenters. The van der Waals surface area contributed by atoms with Crippen molar-refractivity contribution in [3.8, 4) is 0 Å². The third-order valence-electron chi connectivity index (χ3n) is 3.46. The molecule has 0 saturated heterocycles. The van der Waals surface area contributed by atoms with Gasteiger partial charge in [-0.15, -0.1) is 0 Å². The molecule has 0 bridgehead atoms. The molecule has 1 aliphatic carbocycles. The van der Waals surface area contributed by atoms with Crippen LogP contribution in [-0.2, 0) is 22.3 Å². The Morgan fingerprint density at radius 2 is 2.00 bits per heavy atom. The molecule has 140 valence electrons. The first-order chi connectivity index (χ1) is 11.4. The first-order valence-corrected chi connectivity index (χ1v) is 7.73. The number of hydrogen-bond acceptors (Lipinski definition) is 4. The van der Waals surface area contributed by atoms with E-state index in [1.807, 2.05) is 0 Å². The highest BCUT2D eigenvalue weighted by Gasteiger charge is 2.43. The number of rotatable bonds is 5. The molecule has 1 heterocycles. The van der Waals surface area contributed by atoms with Crippen molar-refractivity contribution < 1.29 is 32.6 Å². The predicted molar refractivity (Wildman–Crippen MR) is 79.7 cm³/mol. The molecule has 1 amide bonds. The molecule has 1 N–H and O–H groups in total. The van der Waals surface area contributed by atoms with E-state index >= 15 is 0 Å². The fraction of sp³-hybridized carbons (Fsp3) is 0.667. The van der Waals surface area contributed by atoms with Crippen molar-refractivity contribution in [2.75, 3.05) is 0 Å². The van der Waals surface area contributed by atoms with Crippen molar-refractivity contribution in [3.05, 3.63) is 18.0 Å². The van der Waals surface area contributed by atoms with Crippen LogP contribution in [0.3, 0.4) is 0 Å². The van der Waals surface area contributed by atoms with E-state index in [9.17, 15) is 27.9 Å². The minimum absolute atomic E-state index is 0.298. The molecule has 7 nitrogen and oxygen atoms in total. The summed E-state index contributed by atoms with van der Waals surface area (Å²) in [6, 6.07) is -0.912. The maximum absolute atomic E-state index is 12.6. The average Bonchev–Trinajstić information content (AvgIpc) is 3.11. The number of halogens is 3. The lowest BCUT2D eigenvalue weighted by Crippen LogP contribution is -2.50. The van der Waals surface area contributed by atoms with E-state index in [1.54, 1.807) is 20.8 Å². The van der Waals surface area contributed by atoms with Crippen molar-refractivity contribution in [2.24, 2.45) is 0 Å². The Balaban J connectivity index is 2.21. The highest BCUT2D eigenvalue weighted by atomic mass is 19.4. The largest absolute Gasteiger partial charge is 0.480 e. The van der Waals surface area contributed by atoms with Crippen molar-refractivity contribution in [3.63, 3.8) is 0 Å². The number of aromatic nitrogens is 2. The average molecular weight is 363 g/mol. The summed E-state index contributed by atoms with van der Waals surface area (Å²) >= 11 is 0. The number of hydrogen-bond donors (Lipinski definition) is 1. The minimum atomic E-state index is -4.62. The summed E-state index contributed by atoms with van der Waals surface area (Å²) in [7, 11) is 0. The minimum Gasteiger partial charge on any atom is -0.480 e. The maximum Gasteiger partial charge on any atom is 0.435 e. The lowest BCUT2D eigenvalue weighted by molar-refractivity contribution is -0.144. The number of alkyl halides is 3. The molecule has 1 aromatic heterocycles. The van der Waals surface area contributed by atoms with Gasteiger partial charge in [-0.3, -0.25) is 9.58 Å². The first kappa shape index (κ1) is 19.1. The molecular weight excluding hydrogens is 343 g/mol. The summed E-state index contributed by atoms with van der Waals surface area (Å²) < 4.78 is 44.0. The van der Waals surface area contributed by atoms with Gasteiger partial charge in [0.05, 0.1) is 6.54 Å². The number of carbonyl (C=O) groups excluding carboxylic acids is 1. The SMILES string of the molecule is CC(C)(C)OC(=O)N(C1CC1)C(Cn1ccc(C(F)(F)F)n1)C(=O)O. The van der Waals surface area contributed by atoms with Gasteiger partial charge in [-0.25, -0.2) is 9.59 Å². The van der Waals surface area contributed by atoms with Gasteiger partial charge in [0, 0.05) is 12.2 Å². The first-order valence-electron chi connectivity index (χ1n) is 7.73. The Labute approximate surface area is 142 Å². The summed E-state index contributed by atoms with van der Waals surface area (Å²) in [6.45, 7) is 4.54. The van der Waals surface area contributed by atoms with E-state index < -0.39 is 42.1 Å². The number of nitrogens with zero attached hydrogens (tertiary/aromatic N) is 3. The van der Waals surface area contributed by atoms with Crippen LogP contribution >= 0.6 is 0 Å². The molecular formula is C15H20F3N3O4. The highest BCUT2D eigenvalue weighted by molar-refractivity contribution is 5.80. The van der Waals surface area contributed by atoms with Gasteiger partial charge in [0.15, 0.2) is 11.7 Å². The fourth-order valence-electron chi connectivity index (χ4n) is 2.27. The maximum atomic E-state index is 12.6. The molecule has 0 aromatic carbocycles. The second-order valence-corrected chi connectivity index (χ2v) is 6.89. The van der Waals surface area contributed by atoms with Crippen LogP contribution < -0.4 is 0 Å². The Morgan fingerprint density at radius 1 is 1.40 bits per heavy atom. The topological polar surface area (TPSA) is 84.7 Å². The van der Waals surface area contributed by atoms with Crippen LogP contribution in [0.2, 0.25) is 0 Å². The lowest BCUT2D eigenvalue weighted by Gasteiger charge is -2.31.